The fraction of sp³-hybridized carbons (Fsp3) is 0.350. The molecule has 6 nitrogen and oxygen atoms in total. The molecule has 1 amide bonds. The van der Waals surface area contributed by atoms with Crippen LogP contribution in [-0.2, 0) is 6.54 Å². The van der Waals surface area contributed by atoms with Crippen molar-refractivity contribution in [1.82, 2.24) is 19.4 Å². The van der Waals surface area contributed by atoms with E-state index in [2.05, 4.69) is 9.97 Å². The topological polar surface area (TPSA) is 71.0 Å². The number of aromatic amines is 1. The molecule has 1 aliphatic rings. The predicted octanol–water partition coefficient (Wildman–Crippen LogP) is 3.21. The molecule has 1 fully saturated rings. The first-order valence-electron chi connectivity index (χ1n) is 9.22. The summed E-state index contributed by atoms with van der Waals surface area (Å²) in [6.07, 6.45) is 1.78. The van der Waals surface area contributed by atoms with Crippen LogP contribution in [0.4, 0.5) is 8.78 Å². The highest BCUT2D eigenvalue weighted by Gasteiger charge is 2.24. The number of hydrogen-bond donors (Lipinski definition) is 1. The molecule has 146 valence electrons. The summed E-state index contributed by atoms with van der Waals surface area (Å²) in [5.74, 6) is 0.203. The minimum absolute atomic E-state index is 0.00155. The van der Waals surface area contributed by atoms with Gasteiger partial charge in [0.05, 0.1) is 6.33 Å². The van der Waals surface area contributed by atoms with Crippen molar-refractivity contribution in [3.05, 3.63) is 64.5 Å². The standard InChI is InChI=1S/C20H20F2N4O2/c21-19(22)17-10-18(27)26(12-24-17)11-13-4-7-25(8-5-13)20(28)15-1-2-16-14(9-15)3-6-23-16/h1-3,6,9-10,12-13,19,23H,4-5,7-8,11H2. The number of benzene rings is 1. The Morgan fingerprint density at radius 2 is 2.00 bits per heavy atom. The Balaban J connectivity index is 1.38. The fourth-order valence-corrected chi connectivity index (χ4v) is 3.66. The number of nitrogens with one attached hydrogen (secondary N) is 1. The molecule has 0 radical (unpaired) electrons. The molecule has 1 N–H and O–H groups in total. The van der Waals surface area contributed by atoms with Crippen LogP contribution in [0.2, 0.25) is 0 Å². The number of alkyl halides is 2. The SMILES string of the molecule is O=C(c1ccc2[nH]ccc2c1)N1CCC(Cn2cnc(C(F)F)cc2=O)CC1. The molecule has 0 spiro atoms. The van der Waals surface area contributed by atoms with Crippen molar-refractivity contribution in [3.63, 3.8) is 0 Å². The van der Waals surface area contributed by atoms with Gasteiger partial charge in [-0.05, 0) is 43.0 Å². The van der Waals surface area contributed by atoms with Crippen molar-refractivity contribution < 1.29 is 13.6 Å². The van der Waals surface area contributed by atoms with Crippen molar-refractivity contribution in [2.75, 3.05) is 13.1 Å². The van der Waals surface area contributed by atoms with Gasteiger partial charge in [-0.2, -0.15) is 0 Å². The summed E-state index contributed by atoms with van der Waals surface area (Å²) < 4.78 is 26.6. The largest absolute Gasteiger partial charge is 0.361 e. The zero-order valence-corrected chi connectivity index (χ0v) is 15.1. The molecular weight excluding hydrogens is 366 g/mol. The van der Waals surface area contributed by atoms with Crippen LogP contribution in [0.1, 0.15) is 35.3 Å². The highest BCUT2D eigenvalue weighted by Crippen LogP contribution is 2.22. The molecule has 1 aliphatic heterocycles. The predicted molar refractivity (Wildman–Crippen MR) is 100 cm³/mol. The van der Waals surface area contributed by atoms with E-state index in [-0.39, 0.29) is 11.8 Å². The van der Waals surface area contributed by atoms with Crippen LogP contribution in [0.5, 0.6) is 0 Å². The highest BCUT2D eigenvalue weighted by molar-refractivity contribution is 5.98. The summed E-state index contributed by atoms with van der Waals surface area (Å²) in [5.41, 5.74) is 0.686. The zero-order valence-electron chi connectivity index (χ0n) is 15.1. The third-order valence-corrected chi connectivity index (χ3v) is 5.28. The van der Waals surface area contributed by atoms with Crippen LogP contribution in [-0.4, -0.2) is 38.4 Å². The lowest BCUT2D eigenvalue weighted by atomic mass is 9.96. The van der Waals surface area contributed by atoms with Crippen molar-refractivity contribution >= 4 is 16.8 Å². The van der Waals surface area contributed by atoms with Gasteiger partial charge >= 0.3 is 0 Å². The van der Waals surface area contributed by atoms with E-state index in [0.717, 1.165) is 29.8 Å². The van der Waals surface area contributed by atoms with Gasteiger partial charge in [-0.25, -0.2) is 13.8 Å². The zero-order chi connectivity index (χ0) is 19.7. The third-order valence-electron chi connectivity index (χ3n) is 5.28. The molecule has 1 saturated heterocycles. The van der Waals surface area contributed by atoms with E-state index < -0.39 is 17.7 Å². The van der Waals surface area contributed by atoms with Gasteiger partial charge in [0.1, 0.15) is 5.69 Å². The molecule has 0 aliphatic carbocycles. The highest BCUT2D eigenvalue weighted by atomic mass is 19.3. The molecule has 3 aromatic rings. The number of hydrogen-bond acceptors (Lipinski definition) is 3. The Hall–Kier alpha value is -3.03. The van der Waals surface area contributed by atoms with Gasteiger partial charge in [-0.1, -0.05) is 0 Å². The number of H-pyrrole nitrogens is 1. The summed E-state index contributed by atoms with van der Waals surface area (Å²) in [6, 6.07) is 8.43. The van der Waals surface area contributed by atoms with E-state index in [0.29, 0.717) is 25.2 Å². The van der Waals surface area contributed by atoms with Gasteiger partial charge in [-0.3, -0.25) is 14.2 Å². The number of rotatable bonds is 4. The molecule has 4 rings (SSSR count). The van der Waals surface area contributed by atoms with Crippen LogP contribution in [0.15, 0.2) is 47.7 Å². The number of fused-ring (bicyclic) bond motifs is 1. The quantitative estimate of drug-likeness (QED) is 0.749. The van der Waals surface area contributed by atoms with Gasteiger partial charge in [0.2, 0.25) is 0 Å². The van der Waals surface area contributed by atoms with Crippen molar-refractivity contribution in [2.45, 2.75) is 25.8 Å². The molecule has 1 aromatic carbocycles. The molecule has 0 bridgehead atoms. The summed E-state index contributed by atoms with van der Waals surface area (Å²) in [7, 11) is 0. The van der Waals surface area contributed by atoms with Crippen molar-refractivity contribution in [2.24, 2.45) is 5.92 Å². The second kappa shape index (κ2) is 7.53. The molecule has 28 heavy (non-hydrogen) atoms. The van der Waals surface area contributed by atoms with Gasteiger partial charge in [0.15, 0.2) is 0 Å². The summed E-state index contributed by atoms with van der Waals surface area (Å²) in [5, 5.41) is 1.000. The molecule has 3 heterocycles. The number of piperidine rings is 1. The number of halogens is 2. The number of amides is 1. The van der Waals surface area contributed by atoms with Gasteiger partial charge in [0.25, 0.3) is 17.9 Å². The van der Waals surface area contributed by atoms with E-state index in [1.54, 1.807) is 0 Å². The van der Waals surface area contributed by atoms with Crippen molar-refractivity contribution in [3.8, 4) is 0 Å². The lowest BCUT2D eigenvalue weighted by Crippen LogP contribution is -2.40. The Morgan fingerprint density at radius 3 is 2.71 bits per heavy atom. The number of carbonyl (C=O) groups excluding carboxylic acids is 1. The first kappa shape index (κ1) is 18.3. The molecule has 0 unspecified atom stereocenters. The second-order valence-corrected chi connectivity index (χ2v) is 7.12. The lowest BCUT2D eigenvalue weighted by Gasteiger charge is -2.32. The van der Waals surface area contributed by atoms with Crippen molar-refractivity contribution in [1.29, 1.82) is 0 Å². The summed E-state index contributed by atoms with van der Waals surface area (Å²) in [6.45, 7) is 1.63. The number of nitrogens with zero attached hydrogens (tertiary/aromatic N) is 3. The van der Waals surface area contributed by atoms with Crippen LogP contribution in [0, 0.1) is 5.92 Å². The van der Waals surface area contributed by atoms with E-state index in [4.69, 9.17) is 0 Å². The van der Waals surface area contributed by atoms with Gasteiger partial charge in [-0.15, -0.1) is 0 Å². The molecule has 2 aromatic heterocycles. The van der Waals surface area contributed by atoms with Gasteiger partial charge < -0.3 is 9.88 Å². The molecule has 0 saturated carbocycles. The molecule has 0 atom stereocenters. The van der Waals surface area contributed by atoms with Crippen LogP contribution in [0.3, 0.4) is 0 Å². The minimum atomic E-state index is -2.75. The number of carbonyl (C=O) groups is 1. The third kappa shape index (κ3) is 3.67. The maximum absolute atomic E-state index is 12.8. The van der Waals surface area contributed by atoms with E-state index in [1.165, 1.54) is 10.9 Å². The van der Waals surface area contributed by atoms with E-state index >= 15 is 0 Å². The summed E-state index contributed by atoms with van der Waals surface area (Å²) in [4.78, 5) is 33.3. The monoisotopic (exact) mass is 386 g/mol. The van der Waals surface area contributed by atoms with E-state index in [9.17, 15) is 18.4 Å². The van der Waals surface area contributed by atoms with Crippen LogP contribution >= 0.6 is 0 Å². The maximum Gasteiger partial charge on any atom is 0.280 e. The first-order chi connectivity index (χ1) is 13.5. The second-order valence-electron chi connectivity index (χ2n) is 7.12. The number of likely N-dealkylation sites (tertiary alicyclic amines) is 1. The smallest absolute Gasteiger partial charge is 0.280 e. The Bertz CT molecular complexity index is 1050. The Morgan fingerprint density at radius 1 is 1.21 bits per heavy atom. The van der Waals surface area contributed by atoms with Gasteiger partial charge in [0, 0.05) is 48.4 Å². The number of aromatic nitrogens is 3. The fourth-order valence-electron chi connectivity index (χ4n) is 3.66. The van der Waals surface area contributed by atoms with E-state index in [1.807, 2.05) is 35.4 Å². The maximum atomic E-state index is 12.8. The first-order valence-corrected chi connectivity index (χ1v) is 9.22. The molecule has 8 heteroatoms. The Labute approximate surface area is 159 Å². The minimum Gasteiger partial charge on any atom is -0.361 e. The average molecular weight is 386 g/mol. The average Bonchev–Trinajstić information content (AvgIpc) is 3.17. The Kier molecular flexibility index (Phi) is 4.93. The molecular formula is C20H20F2N4O2. The lowest BCUT2D eigenvalue weighted by molar-refractivity contribution is 0.0682. The summed E-state index contributed by atoms with van der Waals surface area (Å²) >= 11 is 0. The normalized spacial score (nSPS) is 15.5. The van der Waals surface area contributed by atoms with Crippen LogP contribution in [0.25, 0.3) is 10.9 Å². The van der Waals surface area contributed by atoms with Crippen LogP contribution < -0.4 is 5.56 Å².